The molecule has 0 amide bonds. The van der Waals surface area contributed by atoms with E-state index in [2.05, 4.69) is 18.4 Å². The van der Waals surface area contributed by atoms with Crippen molar-refractivity contribution >= 4 is 9.45 Å². The molecule has 12 heavy (non-hydrogen) atoms. The van der Waals surface area contributed by atoms with Crippen LogP contribution in [-0.2, 0) is 8.85 Å². The molecule has 0 aromatic rings. The van der Waals surface area contributed by atoms with E-state index in [1.54, 1.807) is 14.2 Å². The maximum Gasteiger partial charge on any atom is 0.410 e. The van der Waals surface area contributed by atoms with Crippen molar-refractivity contribution in [3.8, 4) is 0 Å². The molecule has 0 saturated carbocycles. The van der Waals surface area contributed by atoms with Crippen molar-refractivity contribution in [3.05, 3.63) is 0 Å². The zero-order chi connectivity index (χ0) is 9.40. The first-order valence-electron chi connectivity index (χ1n) is 4.59. The molecule has 0 saturated heterocycles. The summed E-state index contributed by atoms with van der Waals surface area (Å²) in [6.45, 7) is 6.47. The second-order valence-electron chi connectivity index (χ2n) is 2.76. The van der Waals surface area contributed by atoms with Gasteiger partial charge in [0.05, 0.1) is 0 Å². The van der Waals surface area contributed by atoms with Crippen molar-refractivity contribution in [2.24, 2.45) is 0 Å². The van der Waals surface area contributed by atoms with Crippen molar-refractivity contribution in [1.29, 1.82) is 0 Å². The molecule has 0 aliphatic heterocycles. The standard InChI is InChI=1S/C8H21NO2Si/c1-5-7-8-9(6-2)12(10-3)11-4/h12H,5-8H2,1-4H3. The number of hydrogen-bond donors (Lipinski definition) is 0. The normalized spacial score (nSPS) is 11.5. The van der Waals surface area contributed by atoms with Gasteiger partial charge < -0.3 is 8.85 Å². The summed E-state index contributed by atoms with van der Waals surface area (Å²) < 4.78 is 12.9. The van der Waals surface area contributed by atoms with Crippen LogP contribution in [0.25, 0.3) is 0 Å². The van der Waals surface area contributed by atoms with E-state index in [4.69, 9.17) is 8.85 Å². The Kier molecular flexibility index (Phi) is 7.79. The van der Waals surface area contributed by atoms with Crippen LogP contribution in [0.1, 0.15) is 26.7 Å². The average molecular weight is 191 g/mol. The number of unbranched alkanes of at least 4 members (excludes halogenated alkanes) is 1. The minimum atomic E-state index is -1.51. The molecule has 0 radical (unpaired) electrons. The maximum absolute atomic E-state index is 5.29. The summed E-state index contributed by atoms with van der Waals surface area (Å²) in [4.78, 5) is 0. The Morgan fingerprint density at radius 3 is 2.08 bits per heavy atom. The van der Waals surface area contributed by atoms with Gasteiger partial charge in [0, 0.05) is 14.2 Å². The van der Waals surface area contributed by atoms with E-state index >= 15 is 0 Å². The lowest BCUT2D eigenvalue weighted by Gasteiger charge is -2.25. The molecule has 0 N–H and O–H groups in total. The summed E-state index contributed by atoms with van der Waals surface area (Å²) in [5.41, 5.74) is 0. The summed E-state index contributed by atoms with van der Waals surface area (Å²) in [7, 11) is 1.96. The second-order valence-corrected chi connectivity index (χ2v) is 5.05. The predicted molar refractivity (Wildman–Crippen MR) is 53.3 cm³/mol. The van der Waals surface area contributed by atoms with Gasteiger partial charge in [0.1, 0.15) is 0 Å². The molecular weight excluding hydrogens is 170 g/mol. The number of hydrogen-bond acceptors (Lipinski definition) is 3. The first-order chi connectivity index (χ1) is 5.79. The van der Waals surface area contributed by atoms with E-state index in [0.29, 0.717) is 0 Å². The van der Waals surface area contributed by atoms with Crippen molar-refractivity contribution in [3.63, 3.8) is 0 Å². The third-order valence-corrected chi connectivity index (χ3v) is 3.93. The Balaban J connectivity index is 3.75. The molecule has 0 spiro atoms. The zero-order valence-corrected chi connectivity index (χ0v) is 9.82. The largest absolute Gasteiger partial charge is 0.410 e. The average Bonchev–Trinajstić information content (AvgIpc) is 2.12. The Morgan fingerprint density at radius 1 is 1.17 bits per heavy atom. The van der Waals surface area contributed by atoms with Crippen molar-refractivity contribution in [2.45, 2.75) is 26.7 Å². The van der Waals surface area contributed by atoms with E-state index < -0.39 is 9.45 Å². The fourth-order valence-corrected chi connectivity index (χ4v) is 2.65. The topological polar surface area (TPSA) is 21.7 Å². The Labute approximate surface area is 77.6 Å². The lowest BCUT2D eigenvalue weighted by molar-refractivity contribution is 0.200. The van der Waals surface area contributed by atoms with Gasteiger partial charge in [0.2, 0.25) is 0 Å². The minimum Gasteiger partial charge on any atom is -0.388 e. The molecule has 4 heteroatoms. The molecule has 0 unspecified atom stereocenters. The molecule has 0 heterocycles. The van der Waals surface area contributed by atoms with Gasteiger partial charge >= 0.3 is 9.45 Å². The second kappa shape index (κ2) is 7.73. The highest BCUT2D eigenvalue weighted by molar-refractivity contribution is 6.40. The van der Waals surface area contributed by atoms with Crippen LogP contribution in [0, 0.1) is 0 Å². The van der Waals surface area contributed by atoms with Gasteiger partial charge in [0.25, 0.3) is 0 Å². The van der Waals surface area contributed by atoms with Gasteiger partial charge in [-0.2, -0.15) is 0 Å². The summed E-state index contributed by atoms with van der Waals surface area (Å²) in [5.74, 6) is 0. The molecule has 0 aliphatic carbocycles. The van der Waals surface area contributed by atoms with E-state index in [9.17, 15) is 0 Å². The van der Waals surface area contributed by atoms with Gasteiger partial charge in [-0.05, 0) is 19.5 Å². The summed E-state index contributed by atoms with van der Waals surface area (Å²) in [6, 6.07) is 0. The monoisotopic (exact) mass is 191 g/mol. The lowest BCUT2D eigenvalue weighted by Crippen LogP contribution is -2.43. The van der Waals surface area contributed by atoms with Crippen LogP contribution in [0.4, 0.5) is 0 Å². The first kappa shape index (κ1) is 12.1. The van der Waals surface area contributed by atoms with Gasteiger partial charge in [0.15, 0.2) is 0 Å². The van der Waals surface area contributed by atoms with Crippen LogP contribution in [0.2, 0.25) is 0 Å². The van der Waals surface area contributed by atoms with Crippen LogP contribution in [0.15, 0.2) is 0 Å². The molecule has 0 bridgehead atoms. The molecule has 3 nitrogen and oxygen atoms in total. The minimum absolute atomic E-state index is 1.03. The van der Waals surface area contributed by atoms with Gasteiger partial charge in [-0.1, -0.05) is 20.3 Å². The van der Waals surface area contributed by atoms with Gasteiger partial charge in [-0.3, -0.25) is 4.57 Å². The molecular formula is C8H21NO2Si. The Morgan fingerprint density at radius 2 is 1.75 bits per heavy atom. The Hall–Kier alpha value is 0.0969. The van der Waals surface area contributed by atoms with E-state index in [0.717, 1.165) is 13.1 Å². The van der Waals surface area contributed by atoms with Gasteiger partial charge in [-0.25, -0.2) is 0 Å². The molecule has 74 valence electrons. The van der Waals surface area contributed by atoms with Crippen LogP contribution in [0.3, 0.4) is 0 Å². The number of nitrogens with zero attached hydrogens (tertiary/aromatic N) is 1. The van der Waals surface area contributed by atoms with E-state index in [-0.39, 0.29) is 0 Å². The van der Waals surface area contributed by atoms with Crippen molar-refractivity contribution in [2.75, 3.05) is 27.3 Å². The maximum atomic E-state index is 5.29. The smallest absolute Gasteiger partial charge is 0.388 e. The fourth-order valence-electron chi connectivity index (χ4n) is 1.17. The van der Waals surface area contributed by atoms with Crippen LogP contribution < -0.4 is 0 Å². The molecule has 0 fully saturated rings. The summed E-state index contributed by atoms with van der Waals surface area (Å²) in [6.07, 6.45) is 2.45. The third kappa shape index (κ3) is 4.20. The molecule has 0 atom stereocenters. The molecule has 0 aromatic carbocycles. The molecule has 0 aliphatic rings. The van der Waals surface area contributed by atoms with E-state index in [1.165, 1.54) is 12.8 Å². The fraction of sp³-hybridized carbons (Fsp3) is 1.00. The van der Waals surface area contributed by atoms with Gasteiger partial charge in [-0.15, -0.1) is 0 Å². The van der Waals surface area contributed by atoms with Crippen LogP contribution in [-0.4, -0.2) is 41.3 Å². The lowest BCUT2D eigenvalue weighted by atomic mass is 10.3. The summed E-state index contributed by atoms with van der Waals surface area (Å²) >= 11 is 0. The summed E-state index contributed by atoms with van der Waals surface area (Å²) in [5, 5.41) is 0. The highest BCUT2D eigenvalue weighted by atomic mass is 28.3. The number of rotatable bonds is 7. The first-order valence-corrected chi connectivity index (χ1v) is 6.05. The van der Waals surface area contributed by atoms with E-state index in [1.807, 2.05) is 0 Å². The van der Waals surface area contributed by atoms with Crippen LogP contribution >= 0.6 is 0 Å². The third-order valence-electron chi connectivity index (χ3n) is 1.91. The zero-order valence-electron chi connectivity index (χ0n) is 8.67. The van der Waals surface area contributed by atoms with Crippen LogP contribution in [0.5, 0.6) is 0 Å². The molecule has 0 aromatic heterocycles. The highest BCUT2D eigenvalue weighted by Crippen LogP contribution is 1.99. The predicted octanol–water partition coefficient (Wildman–Crippen LogP) is 1.12. The quantitative estimate of drug-likeness (QED) is 0.563. The molecule has 0 rings (SSSR count). The SMILES string of the molecule is CCCCN(CC)[SiH](OC)OC. The van der Waals surface area contributed by atoms with Crippen molar-refractivity contribution in [1.82, 2.24) is 4.57 Å². The van der Waals surface area contributed by atoms with Crippen molar-refractivity contribution < 1.29 is 8.85 Å². The Bertz CT molecular complexity index is 99.1. The highest BCUT2D eigenvalue weighted by Gasteiger charge is 2.18.